The SMILES string of the molecule is CN1CCCN(c2ccc(C(=O)Nc3ccc(Cl)c(-c4ccccn4)c3)cn2)CC1.O=C(NCCNc1ccccc1)c1ccc(C(=O)Nc2ccc(Cl)c(-c3ccccn3)c2)c(Cl)c1.O=C(N[C@@H](CO)c1ccccc1)c1ccc(C(=O)Nc2ccc(Cl)c(-c3ccccn3)c2)c(Cl)c1.O=C(Nc1ccc(Cl)c(-c2ccccn2)c1)c1ccc(N2CCCNCC2)nc1. The summed E-state index contributed by atoms with van der Waals surface area (Å²) in [6, 6.07) is 78.0. The fourth-order valence-corrected chi connectivity index (χ4v) is 15.1. The van der Waals surface area contributed by atoms with Crippen molar-refractivity contribution >= 4 is 145 Å². The first-order valence-electron chi connectivity index (χ1n) is 41.3. The van der Waals surface area contributed by atoms with Crippen LogP contribution in [-0.2, 0) is 0 Å². The Hall–Kier alpha value is -13.5. The van der Waals surface area contributed by atoms with Gasteiger partial charge in [-0.25, -0.2) is 9.97 Å². The fraction of sp³-hybridized carbons (Fsp3) is 0.152. The number of rotatable bonds is 23. The van der Waals surface area contributed by atoms with E-state index in [9.17, 15) is 33.9 Å². The number of hydrogen-bond acceptors (Lipinski definition) is 18. The van der Waals surface area contributed by atoms with Crippen LogP contribution in [0.4, 0.5) is 40.1 Å². The van der Waals surface area contributed by atoms with Gasteiger partial charge < -0.3 is 62.3 Å². The second kappa shape index (κ2) is 46.8. The number of amides is 6. The van der Waals surface area contributed by atoms with E-state index >= 15 is 0 Å². The Morgan fingerprint density at radius 2 is 0.760 bits per heavy atom. The van der Waals surface area contributed by atoms with Crippen molar-refractivity contribution in [3.63, 3.8) is 0 Å². The van der Waals surface area contributed by atoms with Crippen molar-refractivity contribution in [3.05, 3.63) is 373 Å². The maximum absolute atomic E-state index is 12.9. The van der Waals surface area contributed by atoms with Gasteiger partial charge in [-0.2, -0.15) is 0 Å². The zero-order chi connectivity index (χ0) is 90.4. The Labute approximate surface area is 776 Å². The molecule has 30 heteroatoms. The molecule has 0 spiro atoms. The molecule has 6 amide bonds. The molecule has 0 radical (unpaired) electrons. The highest BCUT2D eigenvalue weighted by Gasteiger charge is 2.23. The van der Waals surface area contributed by atoms with E-state index in [0.717, 1.165) is 111 Å². The van der Waals surface area contributed by atoms with Gasteiger partial charge in [-0.1, -0.05) is 142 Å². The van der Waals surface area contributed by atoms with Gasteiger partial charge in [0.15, 0.2) is 0 Å². The lowest BCUT2D eigenvalue weighted by atomic mass is 10.1. The monoisotopic (exact) mass is 1840 g/mol. The number of para-hydroxylation sites is 1. The first kappa shape index (κ1) is 93.1. The molecule has 24 nitrogen and oxygen atoms in total. The van der Waals surface area contributed by atoms with Crippen molar-refractivity contribution in [1.29, 1.82) is 0 Å². The number of nitrogens with zero attached hydrogens (tertiary/aromatic N) is 9. The number of aromatic nitrogens is 6. The Balaban J connectivity index is 0.000000147. The van der Waals surface area contributed by atoms with Gasteiger partial charge in [0.05, 0.1) is 87.8 Å². The molecule has 2 fully saturated rings. The van der Waals surface area contributed by atoms with Crippen LogP contribution in [0.25, 0.3) is 45.0 Å². The van der Waals surface area contributed by atoms with Crippen LogP contribution in [0.1, 0.15) is 86.6 Å². The molecular formula is C99H89Cl6N17O7. The molecule has 1 atom stereocenters. The van der Waals surface area contributed by atoms with E-state index in [0.29, 0.717) is 95.1 Å². The summed E-state index contributed by atoms with van der Waals surface area (Å²) in [4.78, 5) is 109. The fourth-order valence-electron chi connectivity index (χ4n) is 13.7. The number of carbonyl (C=O) groups excluding carboxylic acids is 6. The first-order valence-corrected chi connectivity index (χ1v) is 43.6. The van der Waals surface area contributed by atoms with Crippen LogP contribution >= 0.6 is 69.6 Å². The third kappa shape index (κ3) is 26.6. The van der Waals surface area contributed by atoms with Crippen molar-refractivity contribution in [1.82, 2.24) is 50.8 Å². The molecule has 9 N–H and O–H groups in total. The van der Waals surface area contributed by atoms with Crippen LogP contribution in [0, 0.1) is 0 Å². The number of carbonyl (C=O) groups is 6. The number of anilines is 7. The molecule has 2 aliphatic heterocycles. The molecule has 0 saturated carbocycles. The summed E-state index contributed by atoms with van der Waals surface area (Å²) in [5.74, 6) is -0.141. The van der Waals surface area contributed by atoms with Crippen molar-refractivity contribution in [2.45, 2.75) is 18.9 Å². The molecule has 0 bridgehead atoms. The molecule has 6 aromatic heterocycles. The van der Waals surface area contributed by atoms with Crippen LogP contribution in [-0.4, -0.2) is 154 Å². The molecular weight excluding hydrogens is 1750 g/mol. The van der Waals surface area contributed by atoms with Gasteiger partial charge in [-0.05, 0) is 233 Å². The maximum atomic E-state index is 12.9. The Kier molecular flexibility index (Phi) is 33.8. The summed E-state index contributed by atoms with van der Waals surface area (Å²) in [6.45, 7) is 8.63. The van der Waals surface area contributed by atoms with E-state index < -0.39 is 23.8 Å². The minimum absolute atomic E-state index is 0.120. The number of benzene rings is 8. The van der Waals surface area contributed by atoms with Gasteiger partial charge in [-0.15, -0.1) is 0 Å². The summed E-state index contributed by atoms with van der Waals surface area (Å²) in [6.07, 6.45) is 12.2. The highest BCUT2D eigenvalue weighted by Crippen LogP contribution is 2.35. The van der Waals surface area contributed by atoms with E-state index in [4.69, 9.17) is 69.6 Å². The lowest BCUT2D eigenvalue weighted by molar-refractivity contribution is 0.0913. The van der Waals surface area contributed by atoms with E-state index in [-0.39, 0.29) is 51.1 Å². The Bertz CT molecular complexity index is 6150. The third-order valence-corrected chi connectivity index (χ3v) is 22.5. The second-order valence-corrected chi connectivity index (χ2v) is 32.0. The van der Waals surface area contributed by atoms with E-state index in [1.54, 1.807) is 110 Å². The van der Waals surface area contributed by atoms with Gasteiger partial charge in [0.25, 0.3) is 35.4 Å². The average Bonchev–Trinajstić information content (AvgIpc) is 0.867. The van der Waals surface area contributed by atoms with Crippen LogP contribution in [0.2, 0.25) is 30.1 Å². The smallest absolute Gasteiger partial charge is 0.257 e. The predicted octanol–water partition coefficient (Wildman–Crippen LogP) is 20.0. The largest absolute Gasteiger partial charge is 0.394 e. The summed E-state index contributed by atoms with van der Waals surface area (Å²) in [5.41, 5.74) is 12.1. The molecule has 0 unspecified atom stereocenters. The van der Waals surface area contributed by atoms with Crippen molar-refractivity contribution in [3.8, 4) is 45.0 Å². The predicted molar refractivity (Wildman–Crippen MR) is 517 cm³/mol. The number of pyridine rings is 6. The van der Waals surface area contributed by atoms with Crippen molar-refractivity contribution in [2.24, 2.45) is 0 Å². The normalized spacial score (nSPS) is 12.7. The molecule has 2 saturated heterocycles. The van der Waals surface area contributed by atoms with Gasteiger partial charge in [0.1, 0.15) is 11.6 Å². The Morgan fingerprint density at radius 1 is 0.357 bits per heavy atom. The van der Waals surface area contributed by atoms with Gasteiger partial charge in [-0.3, -0.25) is 48.7 Å². The molecule has 2 aliphatic rings. The Morgan fingerprint density at radius 3 is 1.17 bits per heavy atom. The van der Waals surface area contributed by atoms with Crippen LogP contribution in [0.5, 0.6) is 0 Å². The maximum Gasteiger partial charge on any atom is 0.257 e. The molecule has 8 aromatic carbocycles. The zero-order valence-electron chi connectivity index (χ0n) is 69.8. The topological polar surface area (TPSA) is 306 Å². The van der Waals surface area contributed by atoms with Crippen molar-refractivity contribution in [2.75, 3.05) is 115 Å². The molecule has 654 valence electrons. The molecule has 16 rings (SSSR count). The molecule has 14 aromatic rings. The standard InChI is InChI=1S/C27H22Cl2N4O2.C27H21Cl2N3O3.C23H24ClN5O.C22H22ClN5O/c28-23-12-10-20(17-22(23)25-8-4-5-13-31-25)33-27(35)21-11-9-18(16-24(21)29)26(34)32-15-14-30-19-6-2-1-3-7-19;28-22-12-10-19(15-21(22)24-8-4-5-13-30-24)31-27(35)20-11-9-18(14-23(20)29)26(34)32-25(16-33)17-6-2-1-3-7-17;1-28-11-4-12-29(14-13-28)22-9-6-17(16-26-22)23(30)27-18-7-8-20(24)19(15-18)21-5-2-3-10-25-21;23-19-7-6-17(14-18(19)20-4-1-2-10-25-20)27-22(29)16-5-8-21(26-15-16)28-12-3-9-24-11-13-28/h1-13,16-17,30H,14-15H2,(H,32,34)(H,33,35);1-15,25,33H,16H2,(H,31,35)(H,32,34);2-3,5-10,15-16H,4,11-14H2,1H3,(H,27,30);1-2,4-8,10,14-15,24H,3,9,11-13H2,(H,27,29)/t;25-;;/m.0../s1. The van der Waals surface area contributed by atoms with Gasteiger partial charge in [0, 0.05) is 151 Å². The molecule has 0 aliphatic carbocycles. The number of likely N-dealkylation sites (N-methyl/N-ethyl adjacent to an activating group) is 1. The summed E-state index contributed by atoms with van der Waals surface area (Å²) in [7, 11) is 2.14. The minimum Gasteiger partial charge on any atom is -0.394 e. The van der Waals surface area contributed by atoms with E-state index in [1.807, 2.05) is 164 Å². The number of hydrogen-bond donors (Lipinski definition) is 9. The van der Waals surface area contributed by atoms with Gasteiger partial charge >= 0.3 is 0 Å². The first-order chi connectivity index (χ1) is 62.8. The van der Waals surface area contributed by atoms with E-state index in [2.05, 4.69) is 94.2 Å². The highest BCUT2D eigenvalue weighted by atomic mass is 35.5. The van der Waals surface area contributed by atoms with Gasteiger partial charge in [0.2, 0.25) is 0 Å². The number of aliphatic hydroxyl groups is 1. The number of aliphatic hydroxyl groups excluding tert-OH is 1. The molecule has 8 heterocycles. The second-order valence-electron chi connectivity index (χ2n) is 29.6. The highest BCUT2D eigenvalue weighted by molar-refractivity contribution is 6.37. The minimum atomic E-state index is -0.566. The quantitative estimate of drug-likeness (QED) is 0.0269. The zero-order valence-corrected chi connectivity index (χ0v) is 74.4. The average molecular weight is 1840 g/mol. The number of halogens is 6. The summed E-state index contributed by atoms with van der Waals surface area (Å²) < 4.78 is 0. The lowest BCUT2D eigenvalue weighted by Gasteiger charge is -2.21. The van der Waals surface area contributed by atoms with Crippen LogP contribution in [0.3, 0.4) is 0 Å². The van der Waals surface area contributed by atoms with E-state index in [1.165, 1.54) is 30.3 Å². The van der Waals surface area contributed by atoms with Crippen LogP contribution < -0.4 is 52.3 Å². The van der Waals surface area contributed by atoms with Crippen LogP contribution in [0.15, 0.2) is 304 Å². The lowest BCUT2D eigenvalue weighted by Crippen LogP contribution is -2.30. The summed E-state index contributed by atoms with van der Waals surface area (Å²) in [5, 5.41) is 35.9. The molecule has 129 heavy (non-hydrogen) atoms. The number of nitrogens with one attached hydrogen (secondary N) is 8. The third-order valence-electron chi connectivity index (χ3n) is 20.5. The van der Waals surface area contributed by atoms with Crippen molar-refractivity contribution < 1.29 is 33.9 Å². The summed E-state index contributed by atoms with van der Waals surface area (Å²) >= 11 is 38.0.